The Hall–Kier alpha value is -1.26. The van der Waals surface area contributed by atoms with Crippen molar-refractivity contribution >= 4 is 28.9 Å². The zero-order chi connectivity index (χ0) is 13.7. The molecule has 5 heteroatoms. The van der Waals surface area contributed by atoms with Gasteiger partial charge in [0.2, 0.25) is 5.91 Å². The average Bonchev–Trinajstić information content (AvgIpc) is 2.87. The van der Waals surface area contributed by atoms with Crippen LogP contribution in [-0.2, 0) is 9.53 Å². The number of carbonyl (C=O) groups excluding carboxylic acids is 1. The molecule has 0 saturated heterocycles. The van der Waals surface area contributed by atoms with E-state index in [1.54, 1.807) is 18.2 Å². The molecule has 2 rings (SSSR count). The summed E-state index contributed by atoms with van der Waals surface area (Å²) in [4.78, 5) is 11.7. The number of carbonyl (C=O) groups is 1. The van der Waals surface area contributed by atoms with Gasteiger partial charge in [0.25, 0.3) is 0 Å². The molecule has 0 unspecified atom stereocenters. The van der Waals surface area contributed by atoms with Gasteiger partial charge in [0.15, 0.2) is 0 Å². The van der Waals surface area contributed by atoms with Gasteiger partial charge in [-0.2, -0.15) is 0 Å². The summed E-state index contributed by atoms with van der Waals surface area (Å²) in [5.74, 6) is 0.457. The highest BCUT2D eigenvalue weighted by molar-refractivity contribution is 6.33. The first-order chi connectivity index (χ1) is 9.15. The van der Waals surface area contributed by atoms with E-state index < -0.39 is 0 Å². The zero-order valence-electron chi connectivity index (χ0n) is 10.8. The van der Waals surface area contributed by atoms with Gasteiger partial charge >= 0.3 is 0 Å². The van der Waals surface area contributed by atoms with Crippen molar-refractivity contribution in [2.75, 3.05) is 24.3 Å². The van der Waals surface area contributed by atoms with Crippen LogP contribution in [0.4, 0.5) is 11.4 Å². The number of nitrogens with one attached hydrogen (secondary N) is 1. The summed E-state index contributed by atoms with van der Waals surface area (Å²) in [5.41, 5.74) is 6.75. The summed E-state index contributed by atoms with van der Waals surface area (Å²) < 4.78 is 5.44. The average molecular weight is 283 g/mol. The number of hydrogen-bond acceptors (Lipinski definition) is 3. The summed E-state index contributed by atoms with van der Waals surface area (Å²) in [6.07, 6.45) is 5.00. The molecule has 0 aliphatic heterocycles. The molecule has 1 fully saturated rings. The van der Waals surface area contributed by atoms with Crippen LogP contribution in [0.5, 0.6) is 0 Å². The van der Waals surface area contributed by atoms with Gasteiger partial charge in [0.05, 0.1) is 17.3 Å². The van der Waals surface area contributed by atoms with E-state index >= 15 is 0 Å². The lowest BCUT2D eigenvalue weighted by atomic mass is 10.1. The summed E-state index contributed by atoms with van der Waals surface area (Å²) in [5, 5.41) is 3.21. The molecule has 4 nitrogen and oxygen atoms in total. The van der Waals surface area contributed by atoms with Crippen LogP contribution >= 0.6 is 11.6 Å². The number of halogens is 1. The molecule has 1 aliphatic carbocycles. The highest BCUT2D eigenvalue weighted by Gasteiger charge is 2.15. The second-order valence-corrected chi connectivity index (χ2v) is 5.36. The summed E-state index contributed by atoms with van der Waals surface area (Å²) in [6, 6.07) is 5.01. The summed E-state index contributed by atoms with van der Waals surface area (Å²) >= 11 is 5.81. The van der Waals surface area contributed by atoms with E-state index in [1.807, 2.05) is 0 Å². The van der Waals surface area contributed by atoms with Crippen LogP contribution in [0.3, 0.4) is 0 Å². The fraction of sp³-hybridized carbons (Fsp3) is 0.500. The Morgan fingerprint density at radius 1 is 1.42 bits per heavy atom. The maximum absolute atomic E-state index is 11.7. The second kappa shape index (κ2) is 6.78. The smallest absolute Gasteiger partial charge is 0.250 e. The Kier molecular flexibility index (Phi) is 5.05. The number of nitrogen functional groups attached to an aromatic ring is 1. The number of benzene rings is 1. The predicted molar refractivity (Wildman–Crippen MR) is 77.3 cm³/mol. The molecule has 0 atom stereocenters. The number of amides is 1. The van der Waals surface area contributed by atoms with E-state index in [4.69, 9.17) is 22.1 Å². The van der Waals surface area contributed by atoms with Crippen molar-refractivity contribution < 1.29 is 9.53 Å². The van der Waals surface area contributed by atoms with Crippen molar-refractivity contribution in [3.8, 4) is 0 Å². The third kappa shape index (κ3) is 4.40. The van der Waals surface area contributed by atoms with Crippen LogP contribution in [0.25, 0.3) is 0 Å². The Bertz CT molecular complexity index is 445. The molecule has 0 heterocycles. The fourth-order valence-corrected chi connectivity index (χ4v) is 2.43. The standard InChI is InChI=1S/C14H19ClN2O2/c15-12-6-5-11(7-13(12)16)17-14(18)9-19-8-10-3-1-2-4-10/h5-7,10H,1-4,8-9,16H2,(H,17,18). The van der Waals surface area contributed by atoms with Gasteiger partial charge in [-0.3, -0.25) is 4.79 Å². The maximum Gasteiger partial charge on any atom is 0.250 e. The summed E-state index contributed by atoms with van der Waals surface area (Å²) in [6.45, 7) is 0.759. The van der Waals surface area contributed by atoms with Crippen molar-refractivity contribution in [1.29, 1.82) is 0 Å². The molecular formula is C14H19ClN2O2. The monoisotopic (exact) mass is 282 g/mol. The molecule has 1 amide bonds. The molecule has 1 aliphatic rings. The SMILES string of the molecule is Nc1cc(NC(=O)COCC2CCCC2)ccc1Cl. The van der Waals surface area contributed by atoms with Crippen molar-refractivity contribution in [1.82, 2.24) is 0 Å². The van der Waals surface area contributed by atoms with Crippen LogP contribution in [-0.4, -0.2) is 19.1 Å². The number of anilines is 2. The number of hydrogen-bond donors (Lipinski definition) is 2. The minimum absolute atomic E-state index is 0.0824. The van der Waals surface area contributed by atoms with Gasteiger partial charge in [0, 0.05) is 5.69 Å². The van der Waals surface area contributed by atoms with Crippen molar-refractivity contribution in [3.63, 3.8) is 0 Å². The molecule has 19 heavy (non-hydrogen) atoms. The van der Waals surface area contributed by atoms with Crippen molar-refractivity contribution in [2.24, 2.45) is 5.92 Å². The Balaban J connectivity index is 1.72. The van der Waals surface area contributed by atoms with E-state index in [9.17, 15) is 4.79 Å². The fourth-order valence-electron chi connectivity index (χ4n) is 2.31. The Labute approximate surface area is 118 Å². The first-order valence-corrected chi connectivity index (χ1v) is 6.95. The van der Waals surface area contributed by atoms with E-state index in [2.05, 4.69) is 5.32 Å². The minimum Gasteiger partial charge on any atom is -0.397 e. The predicted octanol–water partition coefficient (Wildman–Crippen LogP) is 3.07. The van der Waals surface area contributed by atoms with Crippen LogP contribution in [0.15, 0.2) is 18.2 Å². The van der Waals surface area contributed by atoms with Crippen LogP contribution in [0.1, 0.15) is 25.7 Å². The lowest BCUT2D eigenvalue weighted by Crippen LogP contribution is -2.20. The number of rotatable bonds is 5. The van der Waals surface area contributed by atoms with E-state index in [0.29, 0.717) is 28.9 Å². The first-order valence-electron chi connectivity index (χ1n) is 6.58. The van der Waals surface area contributed by atoms with Crippen LogP contribution in [0, 0.1) is 5.92 Å². The van der Waals surface area contributed by atoms with Gasteiger partial charge in [-0.1, -0.05) is 24.4 Å². The molecule has 0 bridgehead atoms. The molecule has 0 spiro atoms. The molecule has 1 aromatic carbocycles. The van der Waals surface area contributed by atoms with Crippen molar-refractivity contribution in [2.45, 2.75) is 25.7 Å². The van der Waals surface area contributed by atoms with E-state index in [0.717, 1.165) is 0 Å². The topological polar surface area (TPSA) is 64.3 Å². The van der Waals surface area contributed by atoms with Crippen LogP contribution < -0.4 is 11.1 Å². The van der Waals surface area contributed by atoms with Gasteiger partial charge in [-0.25, -0.2) is 0 Å². The molecular weight excluding hydrogens is 264 g/mol. The minimum atomic E-state index is -0.167. The molecule has 1 aromatic rings. The Morgan fingerprint density at radius 2 is 2.16 bits per heavy atom. The van der Waals surface area contributed by atoms with Gasteiger partial charge < -0.3 is 15.8 Å². The lowest BCUT2D eigenvalue weighted by Gasteiger charge is -2.10. The molecule has 3 N–H and O–H groups in total. The largest absolute Gasteiger partial charge is 0.397 e. The Morgan fingerprint density at radius 3 is 2.84 bits per heavy atom. The molecule has 1 saturated carbocycles. The molecule has 0 radical (unpaired) electrons. The van der Waals surface area contributed by atoms with Gasteiger partial charge in [-0.05, 0) is 37.0 Å². The van der Waals surface area contributed by atoms with Crippen LogP contribution in [0.2, 0.25) is 5.02 Å². The van der Waals surface area contributed by atoms with E-state index in [1.165, 1.54) is 25.7 Å². The molecule has 0 aromatic heterocycles. The first kappa shape index (κ1) is 14.2. The van der Waals surface area contributed by atoms with Gasteiger partial charge in [-0.15, -0.1) is 0 Å². The maximum atomic E-state index is 11.7. The second-order valence-electron chi connectivity index (χ2n) is 4.95. The molecule has 104 valence electrons. The normalized spacial score (nSPS) is 15.6. The third-order valence-electron chi connectivity index (χ3n) is 3.34. The van der Waals surface area contributed by atoms with E-state index in [-0.39, 0.29) is 12.5 Å². The summed E-state index contributed by atoms with van der Waals surface area (Å²) in [7, 11) is 0. The number of ether oxygens (including phenoxy) is 1. The quantitative estimate of drug-likeness (QED) is 0.816. The zero-order valence-corrected chi connectivity index (χ0v) is 11.6. The third-order valence-corrected chi connectivity index (χ3v) is 3.69. The lowest BCUT2D eigenvalue weighted by molar-refractivity contribution is -0.121. The van der Waals surface area contributed by atoms with Gasteiger partial charge in [0.1, 0.15) is 6.61 Å². The van der Waals surface area contributed by atoms with Crippen molar-refractivity contribution in [3.05, 3.63) is 23.2 Å². The highest BCUT2D eigenvalue weighted by Crippen LogP contribution is 2.25. The highest BCUT2D eigenvalue weighted by atomic mass is 35.5. The number of nitrogens with two attached hydrogens (primary N) is 1.